The first-order valence-electron chi connectivity index (χ1n) is 8.25. The fraction of sp³-hybridized carbons (Fsp3) is 0.211. The zero-order valence-electron chi connectivity index (χ0n) is 14.5. The van der Waals surface area contributed by atoms with E-state index in [1.165, 1.54) is 0 Å². The third kappa shape index (κ3) is 2.77. The number of nitrogens with zero attached hydrogens (tertiary/aromatic N) is 3. The minimum atomic E-state index is -0.397. The van der Waals surface area contributed by atoms with Crippen molar-refractivity contribution in [2.75, 3.05) is 26.1 Å². The van der Waals surface area contributed by atoms with Crippen LogP contribution in [0.2, 0.25) is 0 Å². The van der Waals surface area contributed by atoms with Crippen LogP contribution in [0, 0.1) is 0 Å². The number of ether oxygens (including phenoxy) is 2. The molecule has 0 bridgehead atoms. The van der Waals surface area contributed by atoms with E-state index in [9.17, 15) is 4.79 Å². The highest BCUT2D eigenvalue weighted by Gasteiger charge is 2.16. The van der Waals surface area contributed by atoms with Crippen LogP contribution >= 0.6 is 0 Å². The van der Waals surface area contributed by atoms with Crippen molar-refractivity contribution < 1.29 is 14.3 Å². The minimum Gasteiger partial charge on any atom is -0.497 e. The Hall–Kier alpha value is -3.35. The van der Waals surface area contributed by atoms with E-state index in [4.69, 9.17) is 9.47 Å². The Morgan fingerprint density at radius 1 is 1.15 bits per heavy atom. The second kappa shape index (κ2) is 6.51. The van der Waals surface area contributed by atoms with E-state index in [0.717, 1.165) is 23.3 Å². The number of anilines is 1. The number of methoxy groups -OCH3 is 2. The van der Waals surface area contributed by atoms with Crippen molar-refractivity contribution in [2.45, 2.75) is 6.54 Å². The molecular formula is C19H18N4O3. The second-order valence-electron chi connectivity index (χ2n) is 5.87. The molecule has 1 amide bonds. The highest BCUT2D eigenvalue weighted by Crippen LogP contribution is 2.24. The smallest absolute Gasteiger partial charge is 0.280 e. The number of carbonyl (C=O) groups is 1. The van der Waals surface area contributed by atoms with Gasteiger partial charge < -0.3 is 14.8 Å². The number of hydrogen-bond donors (Lipinski definition) is 1. The zero-order valence-corrected chi connectivity index (χ0v) is 14.5. The third-order valence-electron chi connectivity index (χ3n) is 4.32. The molecule has 1 aliphatic heterocycles. The van der Waals surface area contributed by atoms with Crippen LogP contribution < -0.4 is 20.4 Å². The molecule has 1 aliphatic rings. The predicted molar refractivity (Wildman–Crippen MR) is 97.7 cm³/mol. The van der Waals surface area contributed by atoms with Crippen LogP contribution in [-0.2, 0) is 6.54 Å². The van der Waals surface area contributed by atoms with Gasteiger partial charge in [0.25, 0.3) is 5.91 Å². The van der Waals surface area contributed by atoms with Crippen LogP contribution in [-0.4, -0.2) is 36.2 Å². The van der Waals surface area contributed by atoms with Gasteiger partial charge >= 0.3 is 0 Å². The monoisotopic (exact) mass is 350 g/mol. The summed E-state index contributed by atoms with van der Waals surface area (Å²) in [6.45, 7) is 1.49. The van der Waals surface area contributed by atoms with E-state index in [1.54, 1.807) is 32.4 Å². The predicted octanol–water partition coefficient (Wildman–Crippen LogP) is 2.22. The second-order valence-corrected chi connectivity index (χ2v) is 5.87. The van der Waals surface area contributed by atoms with Gasteiger partial charge in [-0.15, -0.1) is 0 Å². The van der Waals surface area contributed by atoms with Gasteiger partial charge in [-0.3, -0.25) is 9.36 Å². The first kappa shape index (κ1) is 16.1. The third-order valence-corrected chi connectivity index (χ3v) is 4.32. The lowest BCUT2D eigenvalue weighted by atomic mass is 10.2. The molecule has 7 nitrogen and oxygen atoms in total. The summed E-state index contributed by atoms with van der Waals surface area (Å²) in [6.07, 6.45) is 0. The van der Waals surface area contributed by atoms with Gasteiger partial charge in [0.1, 0.15) is 17.3 Å². The van der Waals surface area contributed by atoms with Crippen molar-refractivity contribution in [3.05, 3.63) is 53.6 Å². The van der Waals surface area contributed by atoms with Crippen molar-refractivity contribution in [2.24, 2.45) is 4.99 Å². The van der Waals surface area contributed by atoms with Crippen molar-refractivity contribution in [3.8, 4) is 11.5 Å². The summed E-state index contributed by atoms with van der Waals surface area (Å²) in [5.41, 5.74) is 1.56. The molecule has 132 valence electrons. The molecule has 1 N–H and O–H groups in total. The number of amides is 1. The molecule has 26 heavy (non-hydrogen) atoms. The Kier molecular flexibility index (Phi) is 4.04. The first-order chi connectivity index (χ1) is 12.7. The molecule has 2 aromatic carbocycles. The van der Waals surface area contributed by atoms with Crippen LogP contribution in [0.5, 0.6) is 11.5 Å². The molecule has 0 radical (unpaired) electrons. The summed E-state index contributed by atoms with van der Waals surface area (Å²) in [5, 5.41) is 4.36. The number of fused-ring (bicyclic) bond motifs is 3. The van der Waals surface area contributed by atoms with Gasteiger partial charge in [0.2, 0.25) is 5.62 Å². The molecule has 0 spiro atoms. The lowest BCUT2D eigenvalue weighted by Crippen LogP contribution is -2.24. The summed E-state index contributed by atoms with van der Waals surface area (Å²) in [5.74, 6) is 1.61. The van der Waals surface area contributed by atoms with E-state index in [-0.39, 0.29) is 0 Å². The molecule has 0 saturated carbocycles. The summed E-state index contributed by atoms with van der Waals surface area (Å²) in [6, 6.07) is 12.8. The first-order valence-corrected chi connectivity index (χ1v) is 8.25. The Morgan fingerprint density at radius 3 is 2.62 bits per heavy atom. The van der Waals surface area contributed by atoms with E-state index < -0.39 is 5.91 Å². The zero-order chi connectivity index (χ0) is 18.1. The van der Waals surface area contributed by atoms with Crippen LogP contribution in [0.25, 0.3) is 10.9 Å². The van der Waals surface area contributed by atoms with Gasteiger partial charge in [-0.25, -0.2) is 4.98 Å². The van der Waals surface area contributed by atoms with Gasteiger partial charge in [-0.05, 0) is 24.3 Å². The van der Waals surface area contributed by atoms with Crippen molar-refractivity contribution >= 4 is 22.6 Å². The molecule has 7 heteroatoms. The Bertz CT molecular complexity index is 1050. The van der Waals surface area contributed by atoms with Gasteiger partial charge in [-0.1, -0.05) is 12.1 Å². The lowest BCUT2D eigenvalue weighted by molar-refractivity contribution is 0.0996. The van der Waals surface area contributed by atoms with Crippen LogP contribution in [0.3, 0.4) is 0 Å². The molecular weight excluding hydrogens is 332 g/mol. The quantitative estimate of drug-likeness (QED) is 0.784. The fourth-order valence-corrected chi connectivity index (χ4v) is 3.05. The van der Waals surface area contributed by atoms with Crippen LogP contribution in [0.4, 0.5) is 5.82 Å². The van der Waals surface area contributed by atoms with Gasteiger partial charge in [0.15, 0.2) is 0 Å². The van der Waals surface area contributed by atoms with Crippen molar-refractivity contribution in [1.29, 1.82) is 0 Å². The topological polar surface area (TPSA) is 77.7 Å². The SMILES string of the molecule is COc1cc(OC)cc(C(=O)N=c2nc3ccccc3c3n2CCN3)c1. The summed E-state index contributed by atoms with van der Waals surface area (Å²) >= 11 is 0. The maximum Gasteiger partial charge on any atom is 0.280 e. The molecule has 0 atom stereocenters. The van der Waals surface area contributed by atoms with E-state index in [2.05, 4.69) is 15.3 Å². The molecule has 0 fully saturated rings. The molecule has 0 aliphatic carbocycles. The maximum absolute atomic E-state index is 12.7. The number of hydrogen-bond acceptors (Lipinski definition) is 5. The Morgan fingerprint density at radius 2 is 1.88 bits per heavy atom. The van der Waals surface area contributed by atoms with E-state index in [0.29, 0.717) is 29.2 Å². The number of benzene rings is 2. The molecule has 4 rings (SSSR count). The fourth-order valence-electron chi connectivity index (χ4n) is 3.05. The van der Waals surface area contributed by atoms with Gasteiger partial charge in [0, 0.05) is 30.1 Å². The number of para-hydroxylation sites is 1. The highest BCUT2D eigenvalue weighted by atomic mass is 16.5. The average molecular weight is 350 g/mol. The molecule has 0 saturated heterocycles. The highest BCUT2D eigenvalue weighted by molar-refractivity contribution is 5.96. The van der Waals surface area contributed by atoms with Gasteiger partial charge in [-0.2, -0.15) is 4.99 Å². The summed E-state index contributed by atoms with van der Waals surface area (Å²) < 4.78 is 12.4. The largest absolute Gasteiger partial charge is 0.497 e. The average Bonchev–Trinajstić information content (AvgIpc) is 3.18. The Balaban J connectivity index is 1.86. The number of rotatable bonds is 3. The number of nitrogens with one attached hydrogen (secondary N) is 1. The minimum absolute atomic E-state index is 0.385. The normalized spacial score (nSPS) is 13.4. The van der Waals surface area contributed by atoms with Gasteiger partial charge in [0.05, 0.1) is 19.7 Å². The van der Waals surface area contributed by atoms with E-state index in [1.807, 2.05) is 28.8 Å². The summed E-state index contributed by atoms with van der Waals surface area (Å²) in [7, 11) is 3.08. The van der Waals surface area contributed by atoms with Crippen LogP contribution in [0.1, 0.15) is 10.4 Å². The molecule has 2 heterocycles. The Labute approximate surface area is 149 Å². The lowest BCUT2D eigenvalue weighted by Gasteiger charge is -2.08. The standard InChI is InChI=1S/C19H18N4O3/c1-25-13-9-12(10-14(11-13)26-2)18(24)22-19-21-16-6-4-3-5-15(16)17-20-7-8-23(17)19/h3-6,9-11,20H,7-8H2,1-2H3. The van der Waals surface area contributed by atoms with Crippen molar-refractivity contribution in [1.82, 2.24) is 9.55 Å². The van der Waals surface area contributed by atoms with Crippen molar-refractivity contribution in [3.63, 3.8) is 0 Å². The molecule has 3 aromatic rings. The summed E-state index contributed by atoms with van der Waals surface area (Å²) in [4.78, 5) is 21.6. The molecule has 0 unspecified atom stereocenters. The molecule has 1 aromatic heterocycles. The number of aromatic nitrogens is 2. The maximum atomic E-state index is 12.7. The van der Waals surface area contributed by atoms with Crippen LogP contribution in [0.15, 0.2) is 47.5 Å². The van der Waals surface area contributed by atoms with E-state index >= 15 is 0 Å². The number of carbonyl (C=O) groups excluding carboxylic acids is 1.